The predicted octanol–water partition coefficient (Wildman–Crippen LogP) is 2.04. The summed E-state index contributed by atoms with van der Waals surface area (Å²) in [5, 5.41) is 17.4. The van der Waals surface area contributed by atoms with E-state index >= 15 is 0 Å². The number of aliphatic hydroxyl groups is 1. The van der Waals surface area contributed by atoms with E-state index in [1.807, 2.05) is 18.2 Å². The van der Waals surface area contributed by atoms with Crippen molar-refractivity contribution in [1.82, 2.24) is 29.2 Å². The summed E-state index contributed by atoms with van der Waals surface area (Å²) in [6, 6.07) is 6.26. The molecule has 0 spiro atoms. The monoisotopic (exact) mass is 638 g/mol. The molecule has 1 aliphatic carbocycles. The van der Waals surface area contributed by atoms with Crippen LogP contribution in [0, 0.1) is 0 Å². The fourth-order valence-electron chi connectivity index (χ4n) is 7.67. The first-order valence-electron chi connectivity index (χ1n) is 16.8. The molecule has 3 aromatic rings. The van der Waals surface area contributed by atoms with E-state index in [9.17, 15) is 14.7 Å². The molecule has 12 heteroatoms. The van der Waals surface area contributed by atoms with Gasteiger partial charge in [0.15, 0.2) is 0 Å². The molecule has 2 saturated heterocycles. The molecule has 2 fully saturated rings. The maximum Gasteiger partial charge on any atom is 0.276 e. The minimum atomic E-state index is -0.297. The van der Waals surface area contributed by atoms with Gasteiger partial charge >= 0.3 is 0 Å². The maximum absolute atomic E-state index is 13.8. The average molecular weight is 639 g/mol. The molecule has 0 saturated carbocycles. The summed E-state index contributed by atoms with van der Waals surface area (Å²) in [5.41, 5.74) is 6.78. The number of fused-ring (bicyclic) bond motifs is 3. The molecule has 12 nitrogen and oxygen atoms in total. The number of aromatic nitrogens is 3. The van der Waals surface area contributed by atoms with E-state index in [0.29, 0.717) is 48.4 Å². The Labute approximate surface area is 273 Å². The van der Waals surface area contributed by atoms with Crippen LogP contribution in [0.4, 0.5) is 11.5 Å². The molecule has 5 aliphatic rings. The molecule has 4 aliphatic heterocycles. The third-order valence-corrected chi connectivity index (χ3v) is 10.4. The summed E-state index contributed by atoms with van der Waals surface area (Å²) in [6.45, 7) is 7.31. The Morgan fingerprint density at radius 1 is 1.04 bits per heavy atom. The van der Waals surface area contributed by atoms with Gasteiger partial charge in [-0.05, 0) is 67.2 Å². The predicted molar refractivity (Wildman–Crippen MR) is 179 cm³/mol. The molecule has 0 radical (unpaired) electrons. The Morgan fingerprint density at radius 2 is 1.87 bits per heavy atom. The molecule has 0 atom stereocenters. The Balaban J connectivity index is 1.03. The molecule has 0 unspecified atom stereocenters. The third-order valence-electron chi connectivity index (χ3n) is 10.4. The molecule has 3 N–H and O–H groups in total. The number of allylic oxidation sites excluding steroid dienone is 2. The summed E-state index contributed by atoms with van der Waals surface area (Å²) in [7, 11) is 1.72. The zero-order chi connectivity index (χ0) is 32.1. The lowest BCUT2D eigenvalue weighted by molar-refractivity contribution is -0.0748. The fraction of sp³-hybridized carbons (Fsp3) is 0.457. The van der Waals surface area contributed by atoms with Crippen molar-refractivity contribution in [3.8, 4) is 11.1 Å². The van der Waals surface area contributed by atoms with E-state index in [1.54, 1.807) is 28.9 Å². The van der Waals surface area contributed by atoms with E-state index in [4.69, 9.17) is 4.74 Å². The summed E-state index contributed by atoms with van der Waals surface area (Å²) >= 11 is 0. The zero-order valence-electron chi connectivity index (χ0n) is 26.9. The van der Waals surface area contributed by atoms with Crippen LogP contribution in [0.1, 0.15) is 40.2 Å². The second-order valence-electron chi connectivity index (χ2n) is 13.1. The van der Waals surface area contributed by atoms with Crippen molar-refractivity contribution in [3.05, 3.63) is 87.1 Å². The van der Waals surface area contributed by atoms with Crippen LogP contribution in [-0.4, -0.2) is 93.5 Å². The number of rotatable bonds is 7. The Hall–Kier alpha value is -4.39. The van der Waals surface area contributed by atoms with E-state index in [0.717, 1.165) is 82.0 Å². The van der Waals surface area contributed by atoms with Gasteiger partial charge < -0.3 is 34.5 Å². The third kappa shape index (κ3) is 5.43. The van der Waals surface area contributed by atoms with Gasteiger partial charge in [0, 0.05) is 81.2 Å². The normalized spacial score (nSPS) is 20.2. The van der Waals surface area contributed by atoms with Gasteiger partial charge in [0.05, 0.1) is 32.4 Å². The van der Waals surface area contributed by atoms with Gasteiger partial charge in [-0.25, -0.2) is 4.98 Å². The van der Waals surface area contributed by atoms with Crippen molar-refractivity contribution in [2.24, 2.45) is 7.05 Å². The minimum absolute atomic E-state index is 0.0922. The number of carbonyl (C=O) groups is 1. The number of hydrogen-bond acceptors (Lipinski definition) is 9. The zero-order valence-corrected chi connectivity index (χ0v) is 26.9. The van der Waals surface area contributed by atoms with E-state index in [1.165, 1.54) is 17.0 Å². The van der Waals surface area contributed by atoms with Crippen molar-refractivity contribution in [2.45, 2.75) is 44.9 Å². The van der Waals surface area contributed by atoms with Crippen molar-refractivity contribution in [1.29, 1.82) is 0 Å². The van der Waals surface area contributed by atoms with Gasteiger partial charge in [-0.15, -0.1) is 0 Å². The van der Waals surface area contributed by atoms with Crippen molar-refractivity contribution in [3.63, 3.8) is 0 Å². The Bertz CT molecular complexity index is 1830. The van der Waals surface area contributed by atoms with E-state index in [-0.39, 0.29) is 18.1 Å². The van der Waals surface area contributed by atoms with Crippen molar-refractivity contribution < 1.29 is 14.6 Å². The molecule has 8 rings (SSSR count). The number of ether oxygens (including phenoxy) is 1. The Kier molecular flexibility index (Phi) is 7.86. The topological polar surface area (TPSA) is 120 Å². The minimum Gasteiger partial charge on any atom is -0.392 e. The van der Waals surface area contributed by atoms with Gasteiger partial charge in [-0.3, -0.25) is 19.4 Å². The number of anilines is 2. The van der Waals surface area contributed by atoms with Gasteiger partial charge in [0.2, 0.25) is 0 Å². The number of nitrogens with zero attached hydrogens (tertiary/aromatic N) is 6. The number of hydrogen-bond donors (Lipinski definition) is 3. The lowest BCUT2D eigenvalue weighted by atomic mass is 9.98. The van der Waals surface area contributed by atoms with Gasteiger partial charge in [0.1, 0.15) is 23.0 Å². The van der Waals surface area contributed by atoms with Gasteiger partial charge in [-0.1, -0.05) is 0 Å². The van der Waals surface area contributed by atoms with Crippen LogP contribution < -0.4 is 21.1 Å². The standard InChI is InChI=1S/C35H42N8O4/c1-39-19-24(16-29(34(39)45)38-32-7-6-25(18-37-32)40-10-12-41(13-11-40)26-21-47-22-26)27-8-9-36-33(28(27)20-44)43-15-14-42-30-5-3-2-4-23(30)17-31(42)35(43)46/h6-9,16-17,19,26,37-38,44H,2-5,10-15,18,20-22H2,1H3. The van der Waals surface area contributed by atoms with Crippen LogP contribution in [-0.2, 0) is 37.8 Å². The molecule has 0 aromatic carbocycles. The molecule has 0 bridgehead atoms. The lowest BCUT2D eigenvalue weighted by Crippen LogP contribution is -2.56. The average Bonchev–Trinajstić information content (AvgIpc) is 3.46. The Morgan fingerprint density at radius 3 is 2.62 bits per heavy atom. The molecule has 7 heterocycles. The van der Waals surface area contributed by atoms with Crippen LogP contribution in [0.3, 0.4) is 0 Å². The SMILES string of the molecule is Cn1cc(-c2ccnc(N3CCn4c(cc5c4CCCC5)C3=O)c2CO)cc(NC2=CC=C(N3CCN(C4COC4)CC3)CN2)c1=O. The molecular weight excluding hydrogens is 596 g/mol. The van der Waals surface area contributed by atoms with Gasteiger partial charge in [-0.2, -0.15) is 0 Å². The highest BCUT2D eigenvalue weighted by Gasteiger charge is 2.33. The number of carbonyl (C=O) groups excluding carboxylic acids is 1. The van der Waals surface area contributed by atoms with E-state index < -0.39 is 0 Å². The highest BCUT2D eigenvalue weighted by atomic mass is 16.5. The summed E-state index contributed by atoms with van der Waals surface area (Å²) < 4.78 is 9.09. The fourth-order valence-corrected chi connectivity index (χ4v) is 7.67. The van der Waals surface area contributed by atoms with Crippen molar-refractivity contribution in [2.75, 3.05) is 62.7 Å². The van der Waals surface area contributed by atoms with Crippen LogP contribution in [0.5, 0.6) is 0 Å². The number of pyridine rings is 2. The summed E-state index contributed by atoms with van der Waals surface area (Å²) in [5.74, 6) is 1.11. The number of nitrogens with one attached hydrogen (secondary N) is 2. The second kappa shape index (κ2) is 12.3. The highest BCUT2D eigenvalue weighted by Crippen LogP contribution is 2.34. The smallest absolute Gasteiger partial charge is 0.276 e. The first-order chi connectivity index (χ1) is 23.0. The largest absolute Gasteiger partial charge is 0.392 e. The summed E-state index contributed by atoms with van der Waals surface area (Å²) in [4.78, 5) is 38.3. The van der Waals surface area contributed by atoms with Crippen LogP contribution >= 0.6 is 0 Å². The number of dihydropyridines is 1. The first kappa shape index (κ1) is 30.0. The summed E-state index contributed by atoms with van der Waals surface area (Å²) in [6.07, 6.45) is 11.9. The van der Waals surface area contributed by atoms with Gasteiger partial charge in [0.25, 0.3) is 11.5 Å². The second-order valence-corrected chi connectivity index (χ2v) is 13.1. The van der Waals surface area contributed by atoms with Crippen LogP contribution in [0.25, 0.3) is 11.1 Å². The molecule has 246 valence electrons. The van der Waals surface area contributed by atoms with Crippen molar-refractivity contribution >= 4 is 17.4 Å². The van der Waals surface area contributed by atoms with Crippen LogP contribution in [0.15, 0.2) is 59.1 Å². The molecule has 1 amide bonds. The number of amides is 1. The molecule has 47 heavy (non-hydrogen) atoms. The van der Waals surface area contributed by atoms with Crippen LogP contribution in [0.2, 0.25) is 0 Å². The molecule has 3 aromatic heterocycles. The number of aliphatic hydroxyl groups excluding tert-OH is 1. The quantitative estimate of drug-likeness (QED) is 0.357. The molecular formula is C35H42N8O4. The number of piperazine rings is 1. The number of aryl methyl sites for hydroxylation is 2. The lowest BCUT2D eigenvalue weighted by Gasteiger charge is -2.44. The first-order valence-corrected chi connectivity index (χ1v) is 16.8. The van der Waals surface area contributed by atoms with E-state index in [2.05, 4.69) is 42.1 Å². The highest BCUT2D eigenvalue weighted by molar-refractivity contribution is 6.06. The maximum atomic E-state index is 13.8.